The van der Waals surface area contributed by atoms with Crippen molar-refractivity contribution in [2.75, 3.05) is 11.1 Å². The van der Waals surface area contributed by atoms with Crippen molar-refractivity contribution in [2.24, 2.45) is 0 Å². The minimum atomic E-state index is -4.48. The molecule has 0 amide bonds. The van der Waals surface area contributed by atoms with Crippen LogP contribution in [0.4, 0.5) is 34.6 Å². The molecule has 0 atom stereocenters. The average molecular weight is 339 g/mol. The number of rotatable bonds is 2. The minimum absolute atomic E-state index is 0.110. The zero-order chi connectivity index (χ0) is 15.8. The van der Waals surface area contributed by atoms with Gasteiger partial charge in [0.1, 0.15) is 0 Å². The topological polar surface area (TPSA) is 38.0 Å². The van der Waals surface area contributed by atoms with Crippen molar-refractivity contribution in [1.82, 2.24) is 0 Å². The van der Waals surface area contributed by atoms with Gasteiger partial charge in [-0.2, -0.15) is 13.2 Å². The van der Waals surface area contributed by atoms with Crippen molar-refractivity contribution in [3.63, 3.8) is 0 Å². The van der Waals surface area contributed by atoms with Gasteiger partial charge in [0.2, 0.25) is 0 Å². The highest BCUT2D eigenvalue weighted by Crippen LogP contribution is 2.35. The third kappa shape index (κ3) is 3.51. The summed E-state index contributed by atoms with van der Waals surface area (Å²) >= 11 is 11.3. The molecular formula is C13H8Cl2F4N2. The summed E-state index contributed by atoms with van der Waals surface area (Å²) in [5.41, 5.74) is 5.13. The first kappa shape index (κ1) is 15.7. The molecule has 2 nitrogen and oxygen atoms in total. The van der Waals surface area contributed by atoms with Crippen molar-refractivity contribution in [3.05, 3.63) is 51.8 Å². The Kier molecular flexibility index (Phi) is 4.20. The third-order valence-electron chi connectivity index (χ3n) is 2.64. The van der Waals surface area contributed by atoms with Crippen LogP contribution in [0.25, 0.3) is 0 Å². The number of nitrogen functional groups attached to an aromatic ring is 1. The summed E-state index contributed by atoms with van der Waals surface area (Å²) in [4.78, 5) is 0. The highest BCUT2D eigenvalue weighted by molar-refractivity contribution is 6.35. The molecule has 0 spiro atoms. The van der Waals surface area contributed by atoms with E-state index in [1.165, 1.54) is 18.2 Å². The van der Waals surface area contributed by atoms with E-state index in [0.717, 1.165) is 12.1 Å². The summed E-state index contributed by atoms with van der Waals surface area (Å²) in [6, 6.07) is 5.35. The van der Waals surface area contributed by atoms with Gasteiger partial charge in [-0.05, 0) is 30.3 Å². The Hall–Kier alpha value is -1.66. The number of hydrogen-bond donors (Lipinski definition) is 2. The fraction of sp³-hybridized carbons (Fsp3) is 0.0769. The van der Waals surface area contributed by atoms with Crippen LogP contribution in [0, 0.1) is 5.82 Å². The van der Waals surface area contributed by atoms with Crippen LogP contribution in [-0.2, 0) is 6.18 Å². The lowest BCUT2D eigenvalue weighted by atomic mass is 10.1. The summed E-state index contributed by atoms with van der Waals surface area (Å²) in [6.07, 6.45) is -4.48. The maximum Gasteiger partial charge on any atom is 0.416 e. The number of anilines is 3. The van der Waals surface area contributed by atoms with E-state index in [-0.39, 0.29) is 21.4 Å². The lowest BCUT2D eigenvalue weighted by Gasteiger charge is -2.13. The fourth-order valence-corrected chi connectivity index (χ4v) is 2.12. The first-order valence-electron chi connectivity index (χ1n) is 5.57. The molecule has 3 N–H and O–H groups in total. The standard InChI is InChI=1S/C13H8Cl2F4N2/c14-8-4-7(5-9(15)12(8)16)21-11-2-1-6(3-10(11)20)13(17,18)19/h1-5,21H,20H2. The van der Waals surface area contributed by atoms with Crippen LogP contribution in [0.1, 0.15) is 5.56 Å². The molecule has 0 saturated carbocycles. The molecule has 0 radical (unpaired) electrons. The Morgan fingerprint density at radius 1 is 1.00 bits per heavy atom. The maximum atomic E-state index is 13.3. The zero-order valence-electron chi connectivity index (χ0n) is 10.2. The molecule has 0 unspecified atom stereocenters. The number of benzene rings is 2. The van der Waals surface area contributed by atoms with Crippen LogP contribution in [0.3, 0.4) is 0 Å². The maximum absolute atomic E-state index is 13.3. The Morgan fingerprint density at radius 2 is 1.57 bits per heavy atom. The minimum Gasteiger partial charge on any atom is -0.397 e. The van der Waals surface area contributed by atoms with E-state index in [9.17, 15) is 17.6 Å². The second-order valence-corrected chi connectivity index (χ2v) is 4.99. The fourth-order valence-electron chi connectivity index (χ4n) is 1.64. The Bertz CT molecular complexity index is 663. The first-order valence-corrected chi connectivity index (χ1v) is 6.32. The van der Waals surface area contributed by atoms with Gasteiger partial charge in [-0.25, -0.2) is 4.39 Å². The summed E-state index contributed by atoms with van der Waals surface area (Å²) in [5, 5.41) is 2.31. The summed E-state index contributed by atoms with van der Waals surface area (Å²) in [6.45, 7) is 0. The summed E-state index contributed by atoms with van der Waals surface area (Å²) in [7, 11) is 0. The van der Waals surface area contributed by atoms with E-state index in [1.807, 2.05) is 0 Å². The molecule has 2 aromatic carbocycles. The summed E-state index contributed by atoms with van der Waals surface area (Å²) < 4.78 is 50.8. The molecule has 0 heterocycles. The van der Waals surface area contributed by atoms with Gasteiger partial charge in [0.05, 0.1) is 27.0 Å². The van der Waals surface area contributed by atoms with Crippen LogP contribution >= 0.6 is 23.2 Å². The Labute approximate surface area is 127 Å². The van der Waals surface area contributed by atoms with Crippen LogP contribution < -0.4 is 11.1 Å². The Balaban J connectivity index is 2.32. The van der Waals surface area contributed by atoms with Gasteiger partial charge in [-0.3, -0.25) is 0 Å². The number of nitrogens with one attached hydrogen (secondary N) is 1. The molecule has 0 aliphatic rings. The van der Waals surface area contributed by atoms with Gasteiger partial charge in [-0.1, -0.05) is 23.2 Å². The van der Waals surface area contributed by atoms with Crippen molar-refractivity contribution in [2.45, 2.75) is 6.18 Å². The van der Waals surface area contributed by atoms with Crippen LogP contribution in [-0.4, -0.2) is 0 Å². The molecule has 0 aromatic heterocycles. The molecule has 0 bridgehead atoms. The van der Waals surface area contributed by atoms with E-state index in [4.69, 9.17) is 28.9 Å². The Morgan fingerprint density at radius 3 is 2.05 bits per heavy atom. The number of nitrogens with two attached hydrogens (primary N) is 1. The van der Waals surface area contributed by atoms with Crippen LogP contribution in [0.5, 0.6) is 0 Å². The monoisotopic (exact) mass is 338 g/mol. The lowest BCUT2D eigenvalue weighted by Crippen LogP contribution is -2.06. The number of hydrogen-bond acceptors (Lipinski definition) is 2. The zero-order valence-corrected chi connectivity index (χ0v) is 11.7. The molecular weight excluding hydrogens is 331 g/mol. The third-order valence-corrected chi connectivity index (χ3v) is 3.19. The predicted octanol–water partition coefficient (Wildman–Crippen LogP) is 5.48. The average Bonchev–Trinajstić information content (AvgIpc) is 2.37. The molecule has 2 rings (SSSR count). The van der Waals surface area contributed by atoms with E-state index < -0.39 is 17.6 Å². The van der Waals surface area contributed by atoms with Gasteiger partial charge in [0.15, 0.2) is 5.82 Å². The van der Waals surface area contributed by atoms with E-state index in [2.05, 4.69) is 5.32 Å². The lowest BCUT2D eigenvalue weighted by molar-refractivity contribution is -0.137. The molecule has 8 heteroatoms. The van der Waals surface area contributed by atoms with Gasteiger partial charge >= 0.3 is 6.18 Å². The summed E-state index contributed by atoms with van der Waals surface area (Å²) in [5.74, 6) is -0.774. The van der Waals surface area contributed by atoms with Gasteiger partial charge in [0.25, 0.3) is 0 Å². The van der Waals surface area contributed by atoms with E-state index in [0.29, 0.717) is 5.69 Å². The molecule has 112 valence electrons. The highest BCUT2D eigenvalue weighted by Gasteiger charge is 2.30. The molecule has 0 aliphatic heterocycles. The largest absolute Gasteiger partial charge is 0.416 e. The normalized spacial score (nSPS) is 11.5. The molecule has 0 fully saturated rings. The van der Waals surface area contributed by atoms with Crippen molar-refractivity contribution in [3.8, 4) is 0 Å². The molecule has 2 aromatic rings. The van der Waals surface area contributed by atoms with Gasteiger partial charge in [-0.15, -0.1) is 0 Å². The van der Waals surface area contributed by atoms with Crippen molar-refractivity contribution < 1.29 is 17.6 Å². The smallest absolute Gasteiger partial charge is 0.397 e. The van der Waals surface area contributed by atoms with Crippen LogP contribution in [0.2, 0.25) is 10.0 Å². The molecule has 0 saturated heterocycles. The van der Waals surface area contributed by atoms with Gasteiger partial charge < -0.3 is 11.1 Å². The quantitative estimate of drug-likeness (QED) is 0.432. The number of alkyl halides is 3. The number of halogens is 6. The second-order valence-electron chi connectivity index (χ2n) is 4.18. The van der Waals surface area contributed by atoms with E-state index >= 15 is 0 Å². The first-order chi connectivity index (χ1) is 9.68. The second kappa shape index (κ2) is 5.61. The van der Waals surface area contributed by atoms with E-state index in [1.54, 1.807) is 0 Å². The predicted molar refractivity (Wildman–Crippen MR) is 75.6 cm³/mol. The molecule has 21 heavy (non-hydrogen) atoms. The highest BCUT2D eigenvalue weighted by atomic mass is 35.5. The molecule has 0 aliphatic carbocycles. The van der Waals surface area contributed by atoms with Crippen molar-refractivity contribution >= 4 is 40.3 Å². The SMILES string of the molecule is Nc1cc(C(F)(F)F)ccc1Nc1cc(Cl)c(F)c(Cl)c1. The van der Waals surface area contributed by atoms with Crippen molar-refractivity contribution in [1.29, 1.82) is 0 Å². The van der Waals surface area contributed by atoms with Gasteiger partial charge in [0, 0.05) is 5.69 Å². The van der Waals surface area contributed by atoms with Crippen LogP contribution in [0.15, 0.2) is 30.3 Å².